The summed E-state index contributed by atoms with van der Waals surface area (Å²) >= 11 is 6.29. The number of carbonyl (C=O) groups excluding carboxylic acids is 1. The van der Waals surface area contributed by atoms with Gasteiger partial charge in [0.2, 0.25) is 5.91 Å². The van der Waals surface area contributed by atoms with Gasteiger partial charge in [-0.05, 0) is 48.5 Å². The minimum absolute atomic E-state index is 0.0582. The Morgan fingerprint density at radius 1 is 1.20 bits per heavy atom. The van der Waals surface area contributed by atoms with Gasteiger partial charge < -0.3 is 19.5 Å². The normalized spacial score (nSPS) is 13.8. The second kappa shape index (κ2) is 10.5. The summed E-state index contributed by atoms with van der Waals surface area (Å²) in [6, 6.07) is 11.6. The van der Waals surface area contributed by atoms with Crippen LogP contribution in [0.25, 0.3) is 0 Å². The first-order valence-corrected chi connectivity index (χ1v) is 10.7. The molecule has 1 atom stereocenters. The Morgan fingerprint density at radius 3 is 2.70 bits per heavy atom. The Kier molecular flexibility index (Phi) is 7.82. The topological polar surface area (TPSA) is 60.0 Å². The zero-order valence-electron chi connectivity index (χ0n) is 17.7. The SMILES string of the molecule is CCN(CC)C(CNC(=O)Cc1cc(Cl)c2c(c1)OCCO2)c1cccc(OC)c1. The zero-order chi connectivity index (χ0) is 21.5. The molecule has 0 spiro atoms. The molecule has 0 radical (unpaired) electrons. The molecule has 0 saturated heterocycles. The van der Waals surface area contributed by atoms with Crippen LogP contribution in [0.3, 0.4) is 0 Å². The van der Waals surface area contributed by atoms with E-state index in [1.165, 1.54) is 0 Å². The Labute approximate surface area is 183 Å². The summed E-state index contributed by atoms with van der Waals surface area (Å²) in [5.74, 6) is 1.88. The third kappa shape index (κ3) is 5.37. The van der Waals surface area contributed by atoms with E-state index in [1.807, 2.05) is 24.3 Å². The molecule has 30 heavy (non-hydrogen) atoms. The van der Waals surface area contributed by atoms with Gasteiger partial charge in [0.15, 0.2) is 11.5 Å². The third-order valence-corrected chi connectivity index (χ3v) is 5.53. The fourth-order valence-electron chi connectivity index (χ4n) is 3.70. The van der Waals surface area contributed by atoms with E-state index >= 15 is 0 Å². The first-order chi connectivity index (χ1) is 14.5. The molecule has 1 aliphatic heterocycles. The molecule has 2 aromatic carbocycles. The van der Waals surface area contributed by atoms with Gasteiger partial charge in [-0.1, -0.05) is 37.6 Å². The number of amides is 1. The van der Waals surface area contributed by atoms with Crippen molar-refractivity contribution >= 4 is 17.5 Å². The van der Waals surface area contributed by atoms with Gasteiger partial charge in [0.05, 0.1) is 24.6 Å². The van der Waals surface area contributed by atoms with Crippen LogP contribution in [0.1, 0.15) is 31.0 Å². The summed E-state index contributed by atoms with van der Waals surface area (Å²) in [7, 11) is 1.66. The number of rotatable bonds is 9. The average Bonchev–Trinajstić information content (AvgIpc) is 2.76. The maximum atomic E-state index is 12.7. The lowest BCUT2D eigenvalue weighted by Crippen LogP contribution is -2.38. The van der Waals surface area contributed by atoms with Crippen LogP contribution in [-0.4, -0.2) is 50.8 Å². The molecule has 1 aliphatic rings. The predicted octanol–water partition coefficient (Wildman–Crippen LogP) is 3.86. The van der Waals surface area contributed by atoms with Crippen LogP contribution in [0.4, 0.5) is 0 Å². The minimum atomic E-state index is -0.0669. The monoisotopic (exact) mass is 432 g/mol. The largest absolute Gasteiger partial charge is 0.497 e. The van der Waals surface area contributed by atoms with Crippen LogP contribution in [0, 0.1) is 0 Å². The smallest absolute Gasteiger partial charge is 0.224 e. The number of methoxy groups -OCH3 is 1. The van der Waals surface area contributed by atoms with Crippen LogP contribution in [0.5, 0.6) is 17.2 Å². The van der Waals surface area contributed by atoms with Crippen LogP contribution < -0.4 is 19.5 Å². The molecule has 2 aromatic rings. The van der Waals surface area contributed by atoms with Crippen molar-refractivity contribution in [3.63, 3.8) is 0 Å². The molecular weight excluding hydrogens is 404 g/mol. The number of hydrogen-bond donors (Lipinski definition) is 1. The number of likely N-dealkylation sites (N-methyl/N-ethyl adjacent to an activating group) is 1. The van der Waals surface area contributed by atoms with E-state index in [0.717, 1.165) is 30.0 Å². The van der Waals surface area contributed by atoms with Crippen molar-refractivity contribution in [2.75, 3.05) is 40.0 Å². The lowest BCUT2D eigenvalue weighted by atomic mass is 10.0. The van der Waals surface area contributed by atoms with Crippen molar-refractivity contribution in [2.45, 2.75) is 26.3 Å². The van der Waals surface area contributed by atoms with Gasteiger partial charge in [0.25, 0.3) is 0 Å². The maximum absolute atomic E-state index is 12.7. The molecule has 3 rings (SSSR count). The van der Waals surface area contributed by atoms with E-state index in [4.69, 9.17) is 25.8 Å². The summed E-state index contributed by atoms with van der Waals surface area (Å²) in [5, 5.41) is 3.54. The van der Waals surface area contributed by atoms with Crippen LogP contribution >= 0.6 is 11.6 Å². The van der Waals surface area contributed by atoms with Gasteiger partial charge in [-0.25, -0.2) is 0 Å². The highest BCUT2D eigenvalue weighted by Gasteiger charge is 2.21. The summed E-state index contributed by atoms with van der Waals surface area (Å²) in [4.78, 5) is 15.0. The number of fused-ring (bicyclic) bond motifs is 1. The quantitative estimate of drug-likeness (QED) is 0.652. The Morgan fingerprint density at radius 2 is 1.97 bits per heavy atom. The Hall–Kier alpha value is -2.44. The Balaban J connectivity index is 1.69. The molecule has 0 aromatic heterocycles. The summed E-state index contributed by atoms with van der Waals surface area (Å²) in [5.41, 5.74) is 1.91. The molecule has 162 valence electrons. The molecule has 7 heteroatoms. The van der Waals surface area contributed by atoms with Gasteiger partial charge in [-0.15, -0.1) is 0 Å². The maximum Gasteiger partial charge on any atom is 0.224 e. The second-order valence-corrected chi connectivity index (χ2v) is 7.50. The van der Waals surface area contributed by atoms with Crippen molar-refractivity contribution in [2.24, 2.45) is 0 Å². The number of carbonyl (C=O) groups is 1. The standard InChI is InChI=1S/C23H29ClN2O4/c1-4-26(5-2)20(17-7-6-8-18(14-17)28-3)15-25-22(27)13-16-11-19(24)23-21(12-16)29-9-10-30-23/h6-8,11-12,14,20H,4-5,9-10,13,15H2,1-3H3,(H,25,27). The van der Waals surface area contributed by atoms with Crippen molar-refractivity contribution in [3.05, 3.63) is 52.5 Å². The van der Waals surface area contributed by atoms with E-state index < -0.39 is 0 Å². The highest BCUT2D eigenvalue weighted by atomic mass is 35.5. The van der Waals surface area contributed by atoms with Gasteiger partial charge >= 0.3 is 0 Å². The van der Waals surface area contributed by atoms with E-state index in [0.29, 0.717) is 36.3 Å². The first kappa shape index (κ1) is 22.2. The number of benzene rings is 2. The minimum Gasteiger partial charge on any atom is -0.497 e. The van der Waals surface area contributed by atoms with Crippen molar-refractivity contribution in [3.8, 4) is 17.2 Å². The molecular formula is C23H29ClN2O4. The van der Waals surface area contributed by atoms with E-state index in [-0.39, 0.29) is 18.4 Å². The van der Waals surface area contributed by atoms with Crippen LogP contribution in [0.2, 0.25) is 5.02 Å². The number of nitrogens with zero attached hydrogens (tertiary/aromatic N) is 1. The van der Waals surface area contributed by atoms with Gasteiger partial charge in [0, 0.05) is 6.54 Å². The molecule has 1 unspecified atom stereocenters. The molecule has 0 bridgehead atoms. The fourth-order valence-corrected chi connectivity index (χ4v) is 3.98. The summed E-state index contributed by atoms with van der Waals surface area (Å²) in [6.07, 6.45) is 0.222. The molecule has 0 saturated carbocycles. The molecule has 1 heterocycles. The van der Waals surface area contributed by atoms with Crippen LogP contribution in [-0.2, 0) is 11.2 Å². The Bertz CT molecular complexity index is 870. The van der Waals surface area contributed by atoms with E-state index in [2.05, 4.69) is 30.1 Å². The molecule has 6 nitrogen and oxygen atoms in total. The first-order valence-electron chi connectivity index (χ1n) is 10.3. The second-order valence-electron chi connectivity index (χ2n) is 7.10. The zero-order valence-corrected chi connectivity index (χ0v) is 18.5. The number of nitrogens with one attached hydrogen (secondary N) is 1. The lowest BCUT2D eigenvalue weighted by Gasteiger charge is -2.30. The fraction of sp³-hybridized carbons (Fsp3) is 0.435. The van der Waals surface area contributed by atoms with Crippen molar-refractivity contribution < 1.29 is 19.0 Å². The van der Waals surface area contributed by atoms with E-state index in [9.17, 15) is 4.79 Å². The molecule has 0 fully saturated rings. The van der Waals surface area contributed by atoms with Crippen molar-refractivity contribution in [1.82, 2.24) is 10.2 Å². The van der Waals surface area contributed by atoms with Gasteiger partial charge in [-0.3, -0.25) is 9.69 Å². The summed E-state index contributed by atoms with van der Waals surface area (Å²) in [6.45, 7) is 7.46. The molecule has 0 aliphatic carbocycles. The van der Waals surface area contributed by atoms with E-state index in [1.54, 1.807) is 13.2 Å². The average molecular weight is 433 g/mol. The van der Waals surface area contributed by atoms with Crippen LogP contribution in [0.15, 0.2) is 36.4 Å². The third-order valence-electron chi connectivity index (χ3n) is 5.25. The lowest BCUT2D eigenvalue weighted by molar-refractivity contribution is -0.120. The number of ether oxygens (including phenoxy) is 3. The predicted molar refractivity (Wildman–Crippen MR) is 118 cm³/mol. The highest BCUT2D eigenvalue weighted by Crippen LogP contribution is 2.38. The highest BCUT2D eigenvalue weighted by molar-refractivity contribution is 6.32. The van der Waals surface area contributed by atoms with Gasteiger partial charge in [-0.2, -0.15) is 0 Å². The molecule has 1 N–H and O–H groups in total. The van der Waals surface area contributed by atoms with Gasteiger partial charge in [0.1, 0.15) is 19.0 Å². The summed E-state index contributed by atoms with van der Waals surface area (Å²) < 4.78 is 16.5. The number of halogens is 1. The molecule has 1 amide bonds. The van der Waals surface area contributed by atoms with Crippen molar-refractivity contribution in [1.29, 1.82) is 0 Å². The number of hydrogen-bond acceptors (Lipinski definition) is 5.